The third kappa shape index (κ3) is 2.42. The number of carbonyl (C=O) groups excluding carboxylic acids is 1. The first kappa shape index (κ1) is 12.3. The SMILES string of the molecule is COC1(C(=O)c2cccc(C)c2)CCCCC1. The van der Waals surface area contributed by atoms with Crippen molar-refractivity contribution in [2.24, 2.45) is 0 Å². The molecule has 0 unspecified atom stereocenters. The molecular formula is C15H20O2. The summed E-state index contributed by atoms with van der Waals surface area (Å²) in [7, 11) is 1.67. The van der Waals surface area contributed by atoms with Gasteiger partial charge in [-0.05, 0) is 25.8 Å². The zero-order valence-electron chi connectivity index (χ0n) is 10.7. The molecule has 2 nitrogen and oxygen atoms in total. The van der Waals surface area contributed by atoms with Gasteiger partial charge in [0.25, 0.3) is 0 Å². The first-order chi connectivity index (χ1) is 8.18. The van der Waals surface area contributed by atoms with Gasteiger partial charge in [-0.15, -0.1) is 0 Å². The van der Waals surface area contributed by atoms with Crippen molar-refractivity contribution in [3.05, 3.63) is 35.4 Å². The highest BCUT2D eigenvalue weighted by atomic mass is 16.5. The van der Waals surface area contributed by atoms with E-state index >= 15 is 0 Å². The normalized spacial score (nSPS) is 18.9. The third-order valence-corrected chi connectivity index (χ3v) is 3.75. The van der Waals surface area contributed by atoms with Crippen LogP contribution in [0.25, 0.3) is 0 Å². The Morgan fingerprint density at radius 1 is 1.24 bits per heavy atom. The lowest BCUT2D eigenvalue weighted by atomic mass is 9.79. The zero-order valence-corrected chi connectivity index (χ0v) is 10.7. The van der Waals surface area contributed by atoms with E-state index in [1.807, 2.05) is 31.2 Å². The Morgan fingerprint density at radius 2 is 1.94 bits per heavy atom. The van der Waals surface area contributed by atoms with Gasteiger partial charge in [-0.1, -0.05) is 43.0 Å². The number of methoxy groups -OCH3 is 1. The maximum absolute atomic E-state index is 12.6. The van der Waals surface area contributed by atoms with Gasteiger partial charge in [-0.25, -0.2) is 0 Å². The molecule has 0 heterocycles. The van der Waals surface area contributed by atoms with Crippen LogP contribution in [0.2, 0.25) is 0 Å². The van der Waals surface area contributed by atoms with Crippen LogP contribution in [0.3, 0.4) is 0 Å². The summed E-state index contributed by atoms with van der Waals surface area (Å²) in [6.45, 7) is 2.01. The summed E-state index contributed by atoms with van der Waals surface area (Å²) in [6, 6.07) is 7.80. The lowest BCUT2D eigenvalue weighted by Crippen LogP contribution is -2.42. The molecule has 0 spiro atoms. The Kier molecular flexibility index (Phi) is 3.63. The maximum Gasteiger partial charge on any atom is 0.194 e. The van der Waals surface area contributed by atoms with Crippen molar-refractivity contribution in [3.63, 3.8) is 0 Å². The fourth-order valence-electron chi connectivity index (χ4n) is 2.70. The number of ketones is 1. The molecule has 1 aromatic rings. The third-order valence-electron chi connectivity index (χ3n) is 3.75. The van der Waals surface area contributed by atoms with Gasteiger partial charge < -0.3 is 4.74 Å². The molecule has 1 aliphatic carbocycles. The van der Waals surface area contributed by atoms with Crippen LogP contribution in [0.1, 0.15) is 48.0 Å². The van der Waals surface area contributed by atoms with E-state index in [1.165, 1.54) is 6.42 Å². The molecule has 1 aliphatic rings. The molecule has 1 fully saturated rings. The molecule has 2 rings (SSSR count). The molecule has 0 aromatic heterocycles. The van der Waals surface area contributed by atoms with E-state index in [-0.39, 0.29) is 5.78 Å². The predicted molar refractivity (Wildman–Crippen MR) is 68.3 cm³/mol. The number of Topliss-reactive ketones (excluding diaryl/α,β-unsaturated/α-hetero) is 1. The molecule has 1 aromatic carbocycles. The highest BCUT2D eigenvalue weighted by Gasteiger charge is 2.39. The first-order valence-electron chi connectivity index (χ1n) is 6.34. The molecule has 1 saturated carbocycles. The Labute approximate surface area is 103 Å². The van der Waals surface area contributed by atoms with Crippen LogP contribution in [0, 0.1) is 6.92 Å². The monoisotopic (exact) mass is 232 g/mol. The number of ether oxygens (including phenoxy) is 1. The minimum atomic E-state index is -0.563. The number of benzene rings is 1. The van der Waals surface area contributed by atoms with Crippen LogP contribution in [0.4, 0.5) is 0 Å². The van der Waals surface area contributed by atoms with E-state index in [4.69, 9.17) is 4.74 Å². The van der Waals surface area contributed by atoms with E-state index in [0.29, 0.717) is 0 Å². The maximum atomic E-state index is 12.6. The summed E-state index contributed by atoms with van der Waals surface area (Å²) in [4.78, 5) is 12.6. The first-order valence-corrected chi connectivity index (χ1v) is 6.34. The van der Waals surface area contributed by atoms with Crippen molar-refractivity contribution in [2.45, 2.75) is 44.6 Å². The van der Waals surface area contributed by atoms with Gasteiger partial charge in [0, 0.05) is 12.7 Å². The van der Waals surface area contributed by atoms with E-state index in [2.05, 4.69) is 0 Å². The van der Waals surface area contributed by atoms with E-state index in [1.54, 1.807) is 7.11 Å². The number of aryl methyl sites for hydroxylation is 1. The number of carbonyl (C=O) groups is 1. The second-order valence-corrected chi connectivity index (χ2v) is 4.96. The van der Waals surface area contributed by atoms with Gasteiger partial charge in [-0.2, -0.15) is 0 Å². The fourth-order valence-corrected chi connectivity index (χ4v) is 2.70. The lowest BCUT2D eigenvalue weighted by molar-refractivity contribution is -0.0194. The van der Waals surface area contributed by atoms with E-state index in [0.717, 1.165) is 36.8 Å². The molecule has 0 N–H and O–H groups in total. The molecule has 0 saturated heterocycles. The van der Waals surface area contributed by atoms with Gasteiger partial charge in [-0.3, -0.25) is 4.79 Å². The molecule has 17 heavy (non-hydrogen) atoms. The van der Waals surface area contributed by atoms with Crippen molar-refractivity contribution in [1.29, 1.82) is 0 Å². The minimum Gasteiger partial charge on any atom is -0.370 e. The van der Waals surface area contributed by atoms with Gasteiger partial charge >= 0.3 is 0 Å². The van der Waals surface area contributed by atoms with Crippen LogP contribution < -0.4 is 0 Å². The number of hydrogen-bond donors (Lipinski definition) is 0. The summed E-state index contributed by atoms with van der Waals surface area (Å²) >= 11 is 0. The summed E-state index contributed by atoms with van der Waals surface area (Å²) in [6.07, 6.45) is 5.11. The molecule has 2 heteroatoms. The smallest absolute Gasteiger partial charge is 0.194 e. The van der Waals surface area contributed by atoms with E-state index in [9.17, 15) is 4.79 Å². The van der Waals surface area contributed by atoms with Gasteiger partial charge in [0.05, 0.1) is 0 Å². The van der Waals surface area contributed by atoms with Crippen molar-refractivity contribution < 1.29 is 9.53 Å². The number of hydrogen-bond acceptors (Lipinski definition) is 2. The summed E-state index contributed by atoms with van der Waals surface area (Å²) in [5.41, 5.74) is 1.35. The lowest BCUT2D eigenvalue weighted by Gasteiger charge is -2.34. The van der Waals surface area contributed by atoms with Crippen LogP contribution in [-0.2, 0) is 4.74 Å². The number of rotatable bonds is 3. The van der Waals surface area contributed by atoms with Crippen molar-refractivity contribution in [2.75, 3.05) is 7.11 Å². The summed E-state index contributed by atoms with van der Waals surface area (Å²) < 4.78 is 5.59. The summed E-state index contributed by atoms with van der Waals surface area (Å²) in [5, 5.41) is 0. The molecular weight excluding hydrogens is 212 g/mol. The largest absolute Gasteiger partial charge is 0.370 e. The van der Waals surface area contributed by atoms with Gasteiger partial charge in [0.2, 0.25) is 0 Å². The Morgan fingerprint density at radius 3 is 2.53 bits per heavy atom. The zero-order chi connectivity index (χ0) is 12.3. The highest BCUT2D eigenvalue weighted by Crippen LogP contribution is 2.34. The molecule has 0 aliphatic heterocycles. The molecule has 0 amide bonds. The molecule has 92 valence electrons. The summed E-state index contributed by atoms with van der Waals surface area (Å²) in [5.74, 6) is 0.156. The van der Waals surface area contributed by atoms with Crippen molar-refractivity contribution >= 4 is 5.78 Å². The fraction of sp³-hybridized carbons (Fsp3) is 0.533. The quantitative estimate of drug-likeness (QED) is 0.745. The Bertz CT molecular complexity index is 403. The van der Waals surface area contributed by atoms with Crippen LogP contribution in [-0.4, -0.2) is 18.5 Å². The Balaban J connectivity index is 2.28. The van der Waals surface area contributed by atoms with Gasteiger partial charge in [0.15, 0.2) is 5.78 Å². The molecule has 0 radical (unpaired) electrons. The minimum absolute atomic E-state index is 0.156. The van der Waals surface area contributed by atoms with Crippen LogP contribution in [0.15, 0.2) is 24.3 Å². The van der Waals surface area contributed by atoms with Crippen LogP contribution >= 0.6 is 0 Å². The average molecular weight is 232 g/mol. The van der Waals surface area contributed by atoms with Crippen molar-refractivity contribution in [1.82, 2.24) is 0 Å². The second-order valence-electron chi connectivity index (χ2n) is 4.96. The second kappa shape index (κ2) is 5.01. The topological polar surface area (TPSA) is 26.3 Å². The van der Waals surface area contributed by atoms with E-state index < -0.39 is 5.60 Å². The van der Waals surface area contributed by atoms with Crippen molar-refractivity contribution in [3.8, 4) is 0 Å². The predicted octanol–water partition coefficient (Wildman–Crippen LogP) is 3.53. The standard InChI is InChI=1S/C15H20O2/c1-12-7-6-8-13(11-12)14(16)15(17-2)9-4-3-5-10-15/h6-8,11H,3-5,9-10H2,1-2H3. The average Bonchev–Trinajstić information content (AvgIpc) is 2.38. The molecule has 0 bridgehead atoms. The van der Waals surface area contributed by atoms with Crippen LogP contribution in [0.5, 0.6) is 0 Å². The Hall–Kier alpha value is -1.15. The molecule has 0 atom stereocenters. The highest BCUT2D eigenvalue weighted by molar-refractivity contribution is 6.02. The van der Waals surface area contributed by atoms with Gasteiger partial charge in [0.1, 0.15) is 5.60 Å².